The SMILES string of the molecule is Cl.O=C(Cc1cccc(OCc2cccc(Cl)c2)c1)N1CCNCC1. The molecule has 1 aliphatic heterocycles. The van der Waals surface area contributed by atoms with E-state index in [4.69, 9.17) is 16.3 Å². The van der Waals surface area contributed by atoms with Crippen LogP contribution in [0.15, 0.2) is 48.5 Å². The molecule has 134 valence electrons. The maximum Gasteiger partial charge on any atom is 0.227 e. The van der Waals surface area contributed by atoms with Crippen LogP contribution < -0.4 is 10.1 Å². The summed E-state index contributed by atoms with van der Waals surface area (Å²) < 4.78 is 5.82. The molecule has 2 aromatic rings. The highest BCUT2D eigenvalue weighted by atomic mass is 35.5. The number of hydrogen-bond donors (Lipinski definition) is 1. The number of carbonyl (C=O) groups excluding carboxylic acids is 1. The molecule has 1 amide bonds. The summed E-state index contributed by atoms with van der Waals surface area (Å²) in [6.45, 7) is 3.76. The summed E-state index contributed by atoms with van der Waals surface area (Å²) in [5, 5.41) is 3.96. The van der Waals surface area contributed by atoms with E-state index >= 15 is 0 Å². The van der Waals surface area contributed by atoms with Gasteiger partial charge < -0.3 is 15.0 Å². The monoisotopic (exact) mass is 380 g/mol. The molecule has 0 radical (unpaired) electrons. The van der Waals surface area contributed by atoms with E-state index in [1.54, 1.807) is 0 Å². The first-order valence-corrected chi connectivity index (χ1v) is 8.53. The van der Waals surface area contributed by atoms with Gasteiger partial charge in [-0.1, -0.05) is 35.9 Å². The number of rotatable bonds is 5. The topological polar surface area (TPSA) is 41.6 Å². The van der Waals surface area contributed by atoms with Crippen molar-refractivity contribution < 1.29 is 9.53 Å². The molecule has 1 N–H and O–H groups in total. The number of benzene rings is 2. The van der Waals surface area contributed by atoms with Gasteiger partial charge in [0.25, 0.3) is 0 Å². The third-order valence-corrected chi connectivity index (χ3v) is 4.25. The molecule has 6 heteroatoms. The quantitative estimate of drug-likeness (QED) is 0.864. The standard InChI is InChI=1S/C19H21ClN2O2.ClH/c20-17-5-1-4-16(11-17)14-24-18-6-2-3-15(12-18)13-19(23)22-9-7-21-8-10-22;/h1-6,11-12,21H,7-10,13-14H2;1H. The smallest absolute Gasteiger partial charge is 0.227 e. The fourth-order valence-electron chi connectivity index (χ4n) is 2.74. The van der Waals surface area contributed by atoms with Crippen molar-refractivity contribution in [2.75, 3.05) is 26.2 Å². The maximum absolute atomic E-state index is 12.3. The van der Waals surface area contributed by atoms with E-state index < -0.39 is 0 Å². The van der Waals surface area contributed by atoms with Crippen LogP contribution in [0.4, 0.5) is 0 Å². The number of halogens is 2. The largest absolute Gasteiger partial charge is 0.489 e. The van der Waals surface area contributed by atoms with Crippen LogP contribution in [0.5, 0.6) is 5.75 Å². The molecule has 4 nitrogen and oxygen atoms in total. The molecule has 1 saturated heterocycles. The summed E-state index contributed by atoms with van der Waals surface area (Å²) in [7, 11) is 0. The lowest BCUT2D eigenvalue weighted by atomic mass is 10.1. The first-order valence-electron chi connectivity index (χ1n) is 8.15. The van der Waals surface area contributed by atoms with Crippen LogP contribution in [-0.2, 0) is 17.8 Å². The van der Waals surface area contributed by atoms with Gasteiger partial charge in [-0.3, -0.25) is 4.79 Å². The lowest BCUT2D eigenvalue weighted by Crippen LogP contribution is -2.46. The number of amides is 1. The molecule has 0 spiro atoms. The molecule has 1 heterocycles. The van der Waals surface area contributed by atoms with Gasteiger partial charge in [-0.15, -0.1) is 12.4 Å². The Morgan fingerprint density at radius 2 is 1.80 bits per heavy atom. The normalized spacial score (nSPS) is 13.9. The molecule has 1 aliphatic rings. The highest BCUT2D eigenvalue weighted by Gasteiger charge is 2.16. The molecular formula is C19H22Cl2N2O2. The zero-order valence-electron chi connectivity index (χ0n) is 13.9. The predicted molar refractivity (Wildman–Crippen MR) is 103 cm³/mol. The number of carbonyl (C=O) groups is 1. The van der Waals surface area contributed by atoms with E-state index in [1.165, 1.54) is 0 Å². The fraction of sp³-hybridized carbons (Fsp3) is 0.316. The summed E-state index contributed by atoms with van der Waals surface area (Å²) >= 11 is 5.98. The van der Waals surface area contributed by atoms with E-state index in [2.05, 4.69) is 5.32 Å². The highest BCUT2D eigenvalue weighted by molar-refractivity contribution is 6.30. The Bertz CT molecular complexity index is 703. The third-order valence-electron chi connectivity index (χ3n) is 4.02. The molecule has 0 aliphatic carbocycles. The Morgan fingerprint density at radius 1 is 1.08 bits per heavy atom. The molecule has 1 fully saturated rings. The van der Waals surface area contributed by atoms with Crippen LogP contribution in [0, 0.1) is 0 Å². The molecule has 0 unspecified atom stereocenters. The molecule has 0 atom stereocenters. The van der Waals surface area contributed by atoms with Crippen LogP contribution >= 0.6 is 24.0 Å². The first kappa shape index (κ1) is 19.6. The lowest BCUT2D eigenvalue weighted by molar-refractivity contribution is -0.131. The van der Waals surface area contributed by atoms with Crippen molar-refractivity contribution in [3.8, 4) is 5.75 Å². The second-order valence-corrected chi connectivity index (χ2v) is 6.31. The van der Waals surface area contributed by atoms with Gasteiger partial charge in [0.1, 0.15) is 12.4 Å². The Hall–Kier alpha value is -1.75. The van der Waals surface area contributed by atoms with Crippen LogP contribution in [0.3, 0.4) is 0 Å². The zero-order chi connectivity index (χ0) is 16.8. The van der Waals surface area contributed by atoms with Gasteiger partial charge in [0, 0.05) is 31.2 Å². The van der Waals surface area contributed by atoms with E-state index in [-0.39, 0.29) is 18.3 Å². The molecule has 0 aromatic heterocycles. The van der Waals surface area contributed by atoms with Crippen molar-refractivity contribution in [3.63, 3.8) is 0 Å². The number of ether oxygens (including phenoxy) is 1. The van der Waals surface area contributed by atoms with Gasteiger partial charge in [-0.05, 0) is 35.4 Å². The fourth-order valence-corrected chi connectivity index (χ4v) is 2.95. The van der Waals surface area contributed by atoms with E-state index in [0.29, 0.717) is 18.1 Å². The minimum Gasteiger partial charge on any atom is -0.489 e. The first-order chi connectivity index (χ1) is 11.7. The molecular weight excluding hydrogens is 359 g/mol. The summed E-state index contributed by atoms with van der Waals surface area (Å²) in [6, 6.07) is 15.3. The Balaban J connectivity index is 0.00000225. The van der Waals surface area contributed by atoms with Crippen molar-refractivity contribution in [2.45, 2.75) is 13.0 Å². The number of nitrogens with zero attached hydrogens (tertiary/aromatic N) is 1. The lowest BCUT2D eigenvalue weighted by Gasteiger charge is -2.27. The summed E-state index contributed by atoms with van der Waals surface area (Å²) in [4.78, 5) is 14.3. The predicted octanol–water partition coefficient (Wildman–Crippen LogP) is 3.32. The van der Waals surface area contributed by atoms with Crippen LogP contribution in [-0.4, -0.2) is 37.0 Å². The van der Waals surface area contributed by atoms with Gasteiger partial charge in [0.2, 0.25) is 5.91 Å². The van der Waals surface area contributed by atoms with Gasteiger partial charge in [-0.25, -0.2) is 0 Å². The van der Waals surface area contributed by atoms with Gasteiger partial charge in [0.15, 0.2) is 0 Å². The Morgan fingerprint density at radius 3 is 2.56 bits per heavy atom. The summed E-state index contributed by atoms with van der Waals surface area (Å²) in [5.74, 6) is 0.934. The second-order valence-electron chi connectivity index (χ2n) is 5.87. The number of piperazine rings is 1. The zero-order valence-corrected chi connectivity index (χ0v) is 15.5. The van der Waals surface area contributed by atoms with Crippen molar-refractivity contribution in [1.82, 2.24) is 10.2 Å². The van der Waals surface area contributed by atoms with Crippen LogP contribution in [0.25, 0.3) is 0 Å². The van der Waals surface area contributed by atoms with Gasteiger partial charge >= 0.3 is 0 Å². The van der Waals surface area contributed by atoms with Gasteiger partial charge in [0.05, 0.1) is 6.42 Å². The van der Waals surface area contributed by atoms with Crippen molar-refractivity contribution in [1.29, 1.82) is 0 Å². The molecule has 0 bridgehead atoms. The average Bonchev–Trinajstić information content (AvgIpc) is 2.61. The highest BCUT2D eigenvalue weighted by Crippen LogP contribution is 2.18. The molecule has 3 rings (SSSR count). The number of hydrogen-bond acceptors (Lipinski definition) is 3. The summed E-state index contributed by atoms with van der Waals surface area (Å²) in [5.41, 5.74) is 1.99. The minimum absolute atomic E-state index is 0. The van der Waals surface area contributed by atoms with Gasteiger partial charge in [-0.2, -0.15) is 0 Å². The molecule has 0 saturated carbocycles. The second kappa shape index (κ2) is 9.66. The van der Waals surface area contributed by atoms with E-state index in [0.717, 1.165) is 43.1 Å². The average molecular weight is 381 g/mol. The number of nitrogens with one attached hydrogen (secondary N) is 1. The van der Waals surface area contributed by atoms with Crippen molar-refractivity contribution >= 4 is 29.9 Å². The van der Waals surface area contributed by atoms with Crippen LogP contribution in [0.2, 0.25) is 5.02 Å². The van der Waals surface area contributed by atoms with Crippen molar-refractivity contribution in [2.24, 2.45) is 0 Å². The van der Waals surface area contributed by atoms with E-state index in [9.17, 15) is 4.79 Å². The Kier molecular flexibility index (Phi) is 7.56. The third kappa shape index (κ3) is 5.92. The van der Waals surface area contributed by atoms with Crippen molar-refractivity contribution in [3.05, 3.63) is 64.7 Å². The minimum atomic E-state index is 0. The molecule has 25 heavy (non-hydrogen) atoms. The maximum atomic E-state index is 12.3. The summed E-state index contributed by atoms with van der Waals surface area (Å²) in [6.07, 6.45) is 0.411. The molecule has 2 aromatic carbocycles. The Labute approximate surface area is 159 Å². The van der Waals surface area contributed by atoms with E-state index in [1.807, 2.05) is 53.4 Å². The van der Waals surface area contributed by atoms with Crippen LogP contribution in [0.1, 0.15) is 11.1 Å².